The first-order valence-corrected chi connectivity index (χ1v) is 9.77. The minimum absolute atomic E-state index is 0.136. The molecule has 2 amide bonds. The Morgan fingerprint density at radius 1 is 1.10 bits per heavy atom. The van der Waals surface area contributed by atoms with Gasteiger partial charge in [0.25, 0.3) is 5.91 Å². The lowest BCUT2D eigenvalue weighted by Gasteiger charge is -2.28. The maximum atomic E-state index is 12.2. The van der Waals surface area contributed by atoms with E-state index >= 15 is 0 Å². The van der Waals surface area contributed by atoms with Gasteiger partial charge in [0.2, 0.25) is 5.91 Å². The van der Waals surface area contributed by atoms with Crippen molar-refractivity contribution < 1.29 is 19.2 Å². The summed E-state index contributed by atoms with van der Waals surface area (Å²) in [5, 5.41) is 8.03. The average molecular weight is 409 g/mol. The van der Waals surface area contributed by atoms with E-state index in [-0.39, 0.29) is 31.4 Å². The molecule has 0 spiro atoms. The van der Waals surface area contributed by atoms with Gasteiger partial charge in [-0.25, -0.2) is 15.0 Å². The van der Waals surface area contributed by atoms with E-state index in [2.05, 4.69) is 32.8 Å². The molecule has 0 unspecified atom stereocenters. The molecular formula is C21H23N5O4. The van der Waals surface area contributed by atoms with Gasteiger partial charge in [0, 0.05) is 31.3 Å². The molecule has 0 atom stereocenters. The van der Waals surface area contributed by atoms with Gasteiger partial charge in [-0.2, -0.15) is 0 Å². The number of aromatic nitrogens is 2. The number of nitrogens with one attached hydrogen (secondary N) is 2. The van der Waals surface area contributed by atoms with Gasteiger partial charge < -0.3 is 15.4 Å². The topological polar surface area (TPSA) is 106 Å². The number of ether oxygens (including phenoxy) is 1. The van der Waals surface area contributed by atoms with Crippen LogP contribution in [0.25, 0.3) is 10.9 Å². The van der Waals surface area contributed by atoms with Crippen molar-refractivity contribution in [3.63, 3.8) is 0 Å². The summed E-state index contributed by atoms with van der Waals surface area (Å²) in [6.45, 7) is 0.494. The number of carbonyl (C=O) groups excluding carboxylic acids is 2. The van der Waals surface area contributed by atoms with Crippen LogP contribution in [0, 0.1) is 0 Å². The summed E-state index contributed by atoms with van der Waals surface area (Å²) in [5.41, 5.74) is 2.68. The van der Waals surface area contributed by atoms with Crippen LogP contribution in [0.3, 0.4) is 0 Å². The van der Waals surface area contributed by atoms with Crippen LogP contribution in [0.5, 0.6) is 5.75 Å². The Balaban J connectivity index is 1.80. The van der Waals surface area contributed by atoms with Crippen LogP contribution in [-0.4, -0.2) is 48.6 Å². The molecule has 1 aromatic heterocycles. The summed E-state index contributed by atoms with van der Waals surface area (Å²) in [6, 6.07) is 5.38. The molecule has 0 radical (unpaired) electrons. The standard InChI is InChI=1S/C21H23N5O4/c1-29-26-18-5-3-2-4-14(18)11-23-19(27)8-9-22-20(28)12-30-15-6-7-17-16(10-15)21(26)25-13-24-17/h2-3,6-7,10,13H,4-5,8-9,11-12H2,1H3,(H,22,28)(H,23,27). The van der Waals surface area contributed by atoms with Gasteiger partial charge >= 0.3 is 0 Å². The van der Waals surface area contributed by atoms with Crippen LogP contribution in [0.4, 0.5) is 5.82 Å². The highest BCUT2D eigenvalue weighted by Gasteiger charge is 2.22. The second kappa shape index (κ2) is 8.91. The van der Waals surface area contributed by atoms with Crippen LogP contribution in [-0.2, 0) is 14.4 Å². The van der Waals surface area contributed by atoms with E-state index in [4.69, 9.17) is 9.57 Å². The molecule has 2 aliphatic rings. The number of carbonyl (C=O) groups is 2. The highest BCUT2D eigenvalue weighted by Crippen LogP contribution is 2.32. The number of benzene rings is 1. The number of allylic oxidation sites excluding steroid dienone is 2. The maximum Gasteiger partial charge on any atom is 0.257 e. The molecule has 2 heterocycles. The van der Waals surface area contributed by atoms with Crippen molar-refractivity contribution in [1.29, 1.82) is 0 Å². The summed E-state index contributed by atoms with van der Waals surface area (Å²) in [7, 11) is 1.58. The number of hydroxylamine groups is 1. The van der Waals surface area contributed by atoms with E-state index in [9.17, 15) is 9.59 Å². The number of hydrogen-bond donors (Lipinski definition) is 2. The molecule has 1 aromatic carbocycles. The van der Waals surface area contributed by atoms with Gasteiger partial charge in [0.15, 0.2) is 12.4 Å². The number of nitrogens with zero attached hydrogens (tertiary/aromatic N) is 3. The molecule has 9 heteroatoms. The summed E-state index contributed by atoms with van der Waals surface area (Å²) < 4.78 is 5.63. The fraction of sp³-hybridized carbons (Fsp3) is 0.333. The quantitative estimate of drug-likeness (QED) is 0.690. The largest absolute Gasteiger partial charge is 0.484 e. The normalized spacial score (nSPS) is 18.1. The highest BCUT2D eigenvalue weighted by molar-refractivity contribution is 5.91. The molecule has 156 valence electrons. The monoisotopic (exact) mass is 409 g/mol. The van der Waals surface area contributed by atoms with E-state index in [1.807, 2.05) is 6.07 Å². The predicted molar refractivity (Wildman–Crippen MR) is 111 cm³/mol. The van der Waals surface area contributed by atoms with Crippen molar-refractivity contribution in [2.45, 2.75) is 19.3 Å². The Kier molecular flexibility index (Phi) is 5.89. The first-order chi connectivity index (χ1) is 14.7. The van der Waals surface area contributed by atoms with E-state index < -0.39 is 0 Å². The molecule has 1 aliphatic heterocycles. The zero-order chi connectivity index (χ0) is 20.9. The average Bonchev–Trinajstić information content (AvgIpc) is 2.77. The third-order valence-corrected chi connectivity index (χ3v) is 5.00. The van der Waals surface area contributed by atoms with Gasteiger partial charge in [-0.3, -0.25) is 14.4 Å². The molecule has 9 nitrogen and oxygen atoms in total. The Labute approximate surface area is 173 Å². The third kappa shape index (κ3) is 4.25. The van der Waals surface area contributed by atoms with Crippen molar-refractivity contribution in [1.82, 2.24) is 20.6 Å². The van der Waals surface area contributed by atoms with Crippen molar-refractivity contribution in [3.05, 3.63) is 47.9 Å². The lowest BCUT2D eigenvalue weighted by Crippen LogP contribution is -2.35. The number of hydrogen-bond acceptors (Lipinski definition) is 7. The first kappa shape index (κ1) is 19.8. The van der Waals surface area contributed by atoms with Gasteiger partial charge in [0.05, 0.1) is 18.3 Å². The van der Waals surface area contributed by atoms with Gasteiger partial charge in [-0.15, -0.1) is 0 Å². The van der Waals surface area contributed by atoms with Crippen LogP contribution in [0.15, 0.2) is 47.9 Å². The number of rotatable bonds is 1. The molecule has 0 saturated heterocycles. The second-order valence-corrected chi connectivity index (χ2v) is 6.95. The Hall–Kier alpha value is -3.46. The fourth-order valence-corrected chi connectivity index (χ4v) is 3.49. The van der Waals surface area contributed by atoms with Crippen molar-refractivity contribution >= 4 is 28.5 Å². The van der Waals surface area contributed by atoms with Crippen LogP contribution < -0.4 is 20.4 Å². The minimum Gasteiger partial charge on any atom is -0.484 e. The molecule has 0 saturated carbocycles. The van der Waals surface area contributed by atoms with Crippen LogP contribution >= 0.6 is 0 Å². The molecular weight excluding hydrogens is 386 g/mol. The SMILES string of the molecule is CON1C2=C(CC=CC2)CNC(=O)CCNC(=O)COc2ccc3ncnc1c3c2. The first-order valence-electron chi connectivity index (χ1n) is 9.77. The van der Waals surface area contributed by atoms with E-state index in [1.165, 1.54) is 6.33 Å². The minimum atomic E-state index is -0.291. The Morgan fingerprint density at radius 2 is 1.97 bits per heavy atom. The Bertz CT molecular complexity index is 1030. The van der Waals surface area contributed by atoms with E-state index in [0.29, 0.717) is 31.0 Å². The highest BCUT2D eigenvalue weighted by atomic mass is 16.7. The van der Waals surface area contributed by atoms with Crippen molar-refractivity contribution in [3.8, 4) is 5.75 Å². The molecule has 2 aromatic rings. The maximum absolute atomic E-state index is 12.2. The second-order valence-electron chi connectivity index (χ2n) is 6.95. The number of amides is 2. The van der Waals surface area contributed by atoms with Crippen LogP contribution in [0.1, 0.15) is 19.3 Å². The summed E-state index contributed by atoms with van der Waals surface area (Å²) in [6.07, 6.45) is 7.16. The van der Waals surface area contributed by atoms with Crippen molar-refractivity contribution in [2.75, 3.05) is 31.9 Å². The molecule has 2 bridgehead atoms. The summed E-state index contributed by atoms with van der Waals surface area (Å²) in [4.78, 5) is 38.7. The molecule has 30 heavy (non-hydrogen) atoms. The third-order valence-electron chi connectivity index (χ3n) is 5.00. The zero-order valence-electron chi connectivity index (χ0n) is 16.7. The number of fused-ring (bicyclic) bond motifs is 1. The van der Waals surface area contributed by atoms with Crippen LogP contribution in [0.2, 0.25) is 0 Å². The van der Waals surface area contributed by atoms with Crippen molar-refractivity contribution in [2.24, 2.45) is 0 Å². The molecule has 1 aliphatic carbocycles. The number of anilines is 1. The van der Waals surface area contributed by atoms with E-state index in [0.717, 1.165) is 22.2 Å². The van der Waals surface area contributed by atoms with Gasteiger partial charge in [0.1, 0.15) is 12.1 Å². The molecule has 0 fully saturated rings. The predicted octanol–water partition coefficient (Wildman–Crippen LogP) is 1.62. The zero-order valence-corrected chi connectivity index (χ0v) is 16.7. The lowest BCUT2D eigenvalue weighted by atomic mass is 10.0. The van der Waals surface area contributed by atoms with Gasteiger partial charge in [-0.05, 0) is 30.2 Å². The summed E-state index contributed by atoms with van der Waals surface area (Å²) >= 11 is 0. The fourth-order valence-electron chi connectivity index (χ4n) is 3.49. The smallest absolute Gasteiger partial charge is 0.257 e. The van der Waals surface area contributed by atoms with E-state index in [1.54, 1.807) is 24.3 Å². The van der Waals surface area contributed by atoms with Gasteiger partial charge in [-0.1, -0.05) is 12.2 Å². The lowest BCUT2D eigenvalue weighted by molar-refractivity contribution is -0.123. The molecule has 2 N–H and O–H groups in total. The summed E-state index contributed by atoms with van der Waals surface area (Å²) in [5.74, 6) is 0.662. The molecule has 4 rings (SSSR count). The Morgan fingerprint density at radius 3 is 2.83 bits per heavy atom.